The van der Waals surface area contributed by atoms with Gasteiger partial charge in [-0.3, -0.25) is 4.79 Å². The highest BCUT2D eigenvalue weighted by atomic mass is 16.4. The number of carboxylic acids is 1. The van der Waals surface area contributed by atoms with Crippen LogP contribution in [0.1, 0.15) is 68.5 Å². The Morgan fingerprint density at radius 2 is 1.64 bits per heavy atom. The quantitative estimate of drug-likeness (QED) is 0.762. The zero-order valence-electron chi connectivity index (χ0n) is 16.4. The van der Waals surface area contributed by atoms with Crippen LogP contribution in [0.25, 0.3) is 0 Å². The Morgan fingerprint density at radius 3 is 2.29 bits per heavy atom. The third-order valence-electron chi connectivity index (χ3n) is 5.95. The first kappa shape index (κ1) is 20.1. The first-order valence-electron chi connectivity index (χ1n) is 10.1. The lowest BCUT2D eigenvalue weighted by Crippen LogP contribution is -2.44. The van der Waals surface area contributed by atoms with E-state index in [0.717, 1.165) is 32.1 Å². The van der Waals surface area contributed by atoms with Crippen molar-refractivity contribution in [3.05, 3.63) is 71.8 Å². The molecule has 148 valence electrons. The Balaban J connectivity index is 1.81. The van der Waals surface area contributed by atoms with Gasteiger partial charge in [-0.15, -0.1) is 0 Å². The summed E-state index contributed by atoms with van der Waals surface area (Å²) in [6.45, 7) is 1.99. The number of hydrogen-bond donors (Lipinski definition) is 2. The molecule has 28 heavy (non-hydrogen) atoms. The highest BCUT2D eigenvalue weighted by Gasteiger charge is 2.38. The average molecular weight is 380 g/mol. The van der Waals surface area contributed by atoms with Crippen LogP contribution >= 0.6 is 0 Å². The minimum Gasteiger partial charge on any atom is -0.479 e. The van der Waals surface area contributed by atoms with Crippen LogP contribution in [0.5, 0.6) is 0 Å². The monoisotopic (exact) mass is 379 g/mol. The summed E-state index contributed by atoms with van der Waals surface area (Å²) in [6.07, 6.45) is 5.85. The molecule has 3 unspecified atom stereocenters. The molecule has 1 saturated carbocycles. The molecule has 1 aliphatic carbocycles. The lowest BCUT2D eigenvalue weighted by Gasteiger charge is -2.35. The van der Waals surface area contributed by atoms with Crippen LogP contribution in [0.2, 0.25) is 0 Å². The number of amides is 1. The number of rotatable bonds is 5. The fraction of sp³-hybridized carbons (Fsp3) is 0.417. The van der Waals surface area contributed by atoms with Gasteiger partial charge in [0.15, 0.2) is 6.04 Å². The van der Waals surface area contributed by atoms with E-state index in [1.165, 1.54) is 12.0 Å². The van der Waals surface area contributed by atoms with E-state index in [1.54, 1.807) is 24.3 Å². The molecule has 0 spiro atoms. The second-order valence-corrected chi connectivity index (χ2v) is 8.13. The molecule has 3 rings (SSSR count). The average Bonchev–Trinajstić information content (AvgIpc) is 2.69. The van der Waals surface area contributed by atoms with Crippen molar-refractivity contribution >= 4 is 11.9 Å². The molecule has 0 heterocycles. The summed E-state index contributed by atoms with van der Waals surface area (Å²) >= 11 is 0. The van der Waals surface area contributed by atoms with Crippen LogP contribution in [-0.2, 0) is 9.59 Å². The molecule has 0 aliphatic heterocycles. The first-order chi connectivity index (χ1) is 13.5. The van der Waals surface area contributed by atoms with Crippen molar-refractivity contribution in [2.75, 3.05) is 0 Å². The molecule has 0 aromatic heterocycles. The predicted molar refractivity (Wildman–Crippen MR) is 110 cm³/mol. The van der Waals surface area contributed by atoms with Crippen LogP contribution in [0.15, 0.2) is 60.7 Å². The molecule has 0 bridgehead atoms. The van der Waals surface area contributed by atoms with Gasteiger partial charge in [0.05, 0.1) is 0 Å². The van der Waals surface area contributed by atoms with Gasteiger partial charge in [-0.05, 0) is 36.3 Å². The molecule has 4 nitrogen and oxygen atoms in total. The standard InChI is InChI=1S/C24H29NO3/c1-24(23(28)25-21(22(26)27)19-13-7-3-8-14-19)16-10-4-9-15-20(17-24)18-11-5-2-6-12-18/h2-3,5-8,11-14,20-21H,4,9-10,15-17H2,1H3,(H,25,28)(H,26,27). The zero-order valence-corrected chi connectivity index (χ0v) is 16.4. The third kappa shape index (κ3) is 4.80. The minimum absolute atomic E-state index is 0.161. The van der Waals surface area contributed by atoms with E-state index < -0.39 is 17.4 Å². The van der Waals surface area contributed by atoms with Gasteiger partial charge >= 0.3 is 5.97 Å². The number of hydrogen-bond acceptors (Lipinski definition) is 2. The van der Waals surface area contributed by atoms with Crippen LogP contribution in [0.3, 0.4) is 0 Å². The Morgan fingerprint density at radius 1 is 1.00 bits per heavy atom. The smallest absolute Gasteiger partial charge is 0.330 e. The van der Waals surface area contributed by atoms with Crippen molar-refractivity contribution in [3.8, 4) is 0 Å². The highest BCUT2D eigenvalue weighted by molar-refractivity contribution is 5.88. The van der Waals surface area contributed by atoms with Gasteiger partial charge in [0, 0.05) is 5.41 Å². The summed E-state index contributed by atoms with van der Waals surface area (Å²) in [5.41, 5.74) is 1.28. The van der Waals surface area contributed by atoms with Crippen molar-refractivity contribution in [1.29, 1.82) is 0 Å². The topological polar surface area (TPSA) is 66.4 Å². The normalized spacial score (nSPS) is 23.8. The Labute approximate surface area is 167 Å². The molecule has 2 aromatic carbocycles. The third-order valence-corrected chi connectivity index (χ3v) is 5.95. The molecular formula is C24H29NO3. The maximum atomic E-state index is 13.3. The molecule has 2 aromatic rings. The molecule has 3 atom stereocenters. The highest BCUT2D eigenvalue weighted by Crippen LogP contribution is 2.41. The summed E-state index contributed by atoms with van der Waals surface area (Å²) in [5, 5.41) is 12.5. The van der Waals surface area contributed by atoms with Crippen LogP contribution in [-0.4, -0.2) is 17.0 Å². The van der Waals surface area contributed by atoms with Crippen molar-refractivity contribution in [3.63, 3.8) is 0 Å². The van der Waals surface area contributed by atoms with E-state index in [2.05, 4.69) is 17.4 Å². The maximum absolute atomic E-state index is 13.3. The van der Waals surface area contributed by atoms with E-state index in [1.807, 2.05) is 31.2 Å². The predicted octanol–water partition coefficient (Wildman–Crippen LogP) is 5.07. The first-order valence-corrected chi connectivity index (χ1v) is 10.1. The Kier molecular flexibility index (Phi) is 6.50. The van der Waals surface area contributed by atoms with Crippen molar-refractivity contribution in [2.45, 2.75) is 57.4 Å². The molecule has 0 radical (unpaired) electrons. The second-order valence-electron chi connectivity index (χ2n) is 8.13. The fourth-order valence-corrected chi connectivity index (χ4v) is 4.29. The van der Waals surface area contributed by atoms with E-state index in [0.29, 0.717) is 11.5 Å². The minimum atomic E-state index is -1.03. The number of carbonyl (C=O) groups excluding carboxylic acids is 1. The van der Waals surface area contributed by atoms with Gasteiger partial charge in [0.25, 0.3) is 0 Å². The number of carboxylic acid groups (broad SMARTS) is 1. The lowest BCUT2D eigenvalue weighted by molar-refractivity contribution is -0.144. The SMILES string of the molecule is CC1(C(=O)NC(C(=O)O)c2ccccc2)CCCCCC(c2ccccc2)C1. The molecule has 1 fully saturated rings. The maximum Gasteiger partial charge on any atom is 0.330 e. The molecule has 1 amide bonds. The van der Waals surface area contributed by atoms with Crippen molar-refractivity contribution in [2.24, 2.45) is 5.41 Å². The van der Waals surface area contributed by atoms with Crippen LogP contribution < -0.4 is 5.32 Å². The molecule has 4 heteroatoms. The van der Waals surface area contributed by atoms with E-state index in [9.17, 15) is 14.7 Å². The number of aliphatic carboxylic acids is 1. The summed E-state index contributed by atoms with van der Waals surface area (Å²) in [4.78, 5) is 25.1. The lowest BCUT2D eigenvalue weighted by atomic mass is 9.71. The number of benzene rings is 2. The summed E-state index contributed by atoms with van der Waals surface area (Å²) in [7, 11) is 0. The molecular weight excluding hydrogens is 350 g/mol. The molecule has 1 aliphatic rings. The summed E-state index contributed by atoms with van der Waals surface area (Å²) < 4.78 is 0. The molecule has 0 saturated heterocycles. The largest absolute Gasteiger partial charge is 0.479 e. The van der Waals surface area contributed by atoms with Crippen LogP contribution in [0, 0.1) is 5.41 Å². The number of carbonyl (C=O) groups is 2. The van der Waals surface area contributed by atoms with E-state index in [-0.39, 0.29) is 5.91 Å². The second kappa shape index (κ2) is 9.05. The summed E-state index contributed by atoms with van der Waals surface area (Å²) in [6, 6.07) is 18.2. The molecule has 2 N–H and O–H groups in total. The van der Waals surface area contributed by atoms with E-state index in [4.69, 9.17) is 0 Å². The van der Waals surface area contributed by atoms with Crippen molar-refractivity contribution in [1.82, 2.24) is 5.32 Å². The van der Waals surface area contributed by atoms with Gasteiger partial charge < -0.3 is 10.4 Å². The number of nitrogens with one attached hydrogen (secondary N) is 1. The fourth-order valence-electron chi connectivity index (χ4n) is 4.29. The van der Waals surface area contributed by atoms with Gasteiger partial charge in [0.2, 0.25) is 5.91 Å². The van der Waals surface area contributed by atoms with Gasteiger partial charge in [-0.1, -0.05) is 86.8 Å². The summed E-state index contributed by atoms with van der Waals surface area (Å²) in [5.74, 6) is -0.877. The van der Waals surface area contributed by atoms with Gasteiger partial charge in [0.1, 0.15) is 0 Å². The zero-order chi connectivity index (χ0) is 20.0. The van der Waals surface area contributed by atoms with Crippen LogP contribution in [0.4, 0.5) is 0 Å². The van der Waals surface area contributed by atoms with Crippen molar-refractivity contribution < 1.29 is 14.7 Å². The van der Waals surface area contributed by atoms with Gasteiger partial charge in [-0.25, -0.2) is 4.79 Å². The Bertz CT molecular complexity index is 790. The Hall–Kier alpha value is -2.62. The van der Waals surface area contributed by atoms with Gasteiger partial charge in [-0.2, -0.15) is 0 Å². The van der Waals surface area contributed by atoms with E-state index >= 15 is 0 Å².